The van der Waals surface area contributed by atoms with E-state index in [1.165, 1.54) is 23.1 Å². The van der Waals surface area contributed by atoms with Crippen LogP contribution in [0.15, 0.2) is 26.9 Å². The molecule has 1 aromatic carbocycles. The summed E-state index contributed by atoms with van der Waals surface area (Å²) in [5.74, 6) is 1.86. The van der Waals surface area contributed by atoms with E-state index in [9.17, 15) is 4.79 Å². The predicted octanol–water partition coefficient (Wildman–Crippen LogP) is 4.98. The smallest absolute Gasteiger partial charge is 0.234 e. The van der Waals surface area contributed by atoms with Crippen LogP contribution in [0, 0.1) is 12.8 Å². The van der Waals surface area contributed by atoms with Crippen LogP contribution >= 0.6 is 46.5 Å². The van der Waals surface area contributed by atoms with Crippen LogP contribution in [0.5, 0.6) is 0 Å². The lowest BCUT2D eigenvalue weighted by Gasteiger charge is -2.08. The van der Waals surface area contributed by atoms with E-state index >= 15 is 0 Å². The van der Waals surface area contributed by atoms with Crippen molar-refractivity contribution in [2.75, 3.05) is 16.8 Å². The fraction of sp³-hybridized carbons (Fsp3) is 0.400. The van der Waals surface area contributed by atoms with E-state index in [1.807, 2.05) is 19.1 Å². The molecule has 2 rings (SSSR count). The number of nitrogens with zero attached hydrogens (tertiary/aromatic N) is 2. The van der Waals surface area contributed by atoms with Gasteiger partial charge in [-0.1, -0.05) is 66.4 Å². The minimum absolute atomic E-state index is 0.0769. The van der Waals surface area contributed by atoms with Crippen molar-refractivity contribution in [1.29, 1.82) is 0 Å². The minimum Gasteiger partial charge on any atom is -0.325 e. The first-order valence-electron chi connectivity index (χ1n) is 7.09. The summed E-state index contributed by atoms with van der Waals surface area (Å²) in [5, 5.41) is 11.8. The van der Waals surface area contributed by atoms with Gasteiger partial charge in [0.15, 0.2) is 8.68 Å². The minimum atomic E-state index is -0.0769. The normalized spacial score (nSPS) is 11.0. The van der Waals surface area contributed by atoms with Crippen LogP contribution in [0.25, 0.3) is 0 Å². The van der Waals surface area contributed by atoms with Gasteiger partial charge in [0.05, 0.1) is 5.75 Å². The zero-order valence-corrected chi connectivity index (χ0v) is 16.3. The van der Waals surface area contributed by atoms with Gasteiger partial charge >= 0.3 is 0 Å². The zero-order valence-electron chi connectivity index (χ0n) is 13.1. The quantitative estimate of drug-likeness (QED) is 0.679. The highest BCUT2D eigenvalue weighted by Crippen LogP contribution is 2.30. The van der Waals surface area contributed by atoms with Crippen LogP contribution < -0.4 is 5.32 Å². The van der Waals surface area contributed by atoms with E-state index in [4.69, 9.17) is 11.6 Å². The van der Waals surface area contributed by atoms with Gasteiger partial charge in [-0.15, -0.1) is 10.2 Å². The summed E-state index contributed by atoms with van der Waals surface area (Å²) < 4.78 is 1.77. The Balaban J connectivity index is 1.83. The lowest BCUT2D eigenvalue weighted by molar-refractivity contribution is -0.113. The topological polar surface area (TPSA) is 54.9 Å². The van der Waals surface area contributed by atoms with Gasteiger partial charge in [0.2, 0.25) is 5.91 Å². The second kappa shape index (κ2) is 8.92. The van der Waals surface area contributed by atoms with Crippen molar-refractivity contribution in [3.05, 3.63) is 28.8 Å². The first-order valence-corrected chi connectivity index (χ1v) is 10.3. The maximum absolute atomic E-state index is 12.0. The van der Waals surface area contributed by atoms with E-state index in [1.54, 1.807) is 17.8 Å². The summed E-state index contributed by atoms with van der Waals surface area (Å²) in [6, 6.07) is 5.47. The summed E-state index contributed by atoms with van der Waals surface area (Å²) in [6.45, 7) is 6.23. The van der Waals surface area contributed by atoms with Crippen molar-refractivity contribution in [1.82, 2.24) is 10.2 Å². The SMILES string of the molecule is Cc1c(Cl)cccc1NC(=O)CSc1nnc(SCC(C)C)s1. The van der Waals surface area contributed by atoms with Gasteiger partial charge in [0.1, 0.15) is 0 Å². The Morgan fingerprint density at radius 3 is 2.70 bits per heavy atom. The number of hydrogen-bond donors (Lipinski definition) is 1. The van der Waals surface area contributed by atoms with Crippen molar-refractivity contribution in [3.63, 3.8) is 0 Å². The third-order valence-electron chi connectivity index (χ3n) is 2.80. The Kier molecular flexibility index (Phi) is 7.20. The number of thioether (sulfide) groups is 2. The molecule has 124 valence electrons. The number of carbonyl (C=O) groups excluding carboxylic acids is 1. The Hall–Kier alpha value is -0.760. The lowest BCUT2D eigenvalue weighted by atomic mass is 10.2. The van der Waals surface area contributed by atoms with E-state index in [0.717, 1.165) is 25.7 Å². The number of aromatic nitrogens is 2. The van der Waals surface area contributed by atoms with Crippen molar-refractivity contribution >= 4 is 58.1 Å². The Morgan fingerprint density at radius 1 is 1.30 bits per heavy atom. The molecule has 0 aliphatic rings. The Bertz CT molecular complexity index is 676. The number of nitrogens with one attached hydrogen (secondary N) is 1. The molecule has 1 amide bonds. The average molecular weight is 388 g/mol. The molecule has 0 atom stereocenters. The third-order valence-corrected chi connectivity index (χ3v) is 6.82. The second-order valence-corrected chi connectivity index (χ2v) is 9.16. The molecular formula is C15H18ClN3OS3. The molecule has 23 heavy (non-hydrogen) atoms. The highest BCUT2D eigenvalue weighted by Gasteiger charge is 2.11. The molecule has 0 aliphatic heterocycles. The summed E-state index contributed by atoms with van der Waals surface area (Å²) in [6.07, 6.45) is 0. The van der Waals surface area contributed by atoms with Crippen LogP contribution in [0.2, 0.25) is 5.02 Å². The van der Waals surface area contributed by atoms with E-state index in [-0.39, 0.29) is 5.91 Å². The molecular weight excluding hydrogens is 370 g/mol. The zero-order chi connectivity index (χ0) is 16.8. The van der Waals surface area contributed by atoms with Crippen LogP contribution in [-0.2, 0) is 4.79 Å². The molecule has 1 N–H and O–H groups in total. The second-order valence-electron chi connectivity index (χ2n) is 5.29. The molecule has 0 spiro atoms. The molecule has 4 nitrogen and oxygen atoms in total. The molecule has 2 aromatic rings. The van der Waals surface area contributed by atoms with E-state index in [2.05, 4.69) is 29.4 Å². The fourth-order valence-corrected chi connectivity index (χ4v) is 4.58. The number of hydrogen-bond acceptors (Lipinski definition) is 6. The maximum Gasteiger partial charge on any atom is 0.234 e. The van der Waals surface area contributed by atoms with Gasteiger partial charge in [-0.05, 0) is 30.5 Å². The molecule has 0 saturated heterocycles. The van der Waals surface area contributed by atoms with Crippen molar-refractivity contribution in [3.8, 4) is 0 Å². The number of anilines is 1. The standard InChI is InChI=1S/C15H18ClN3OS3/c1-9(2)7-21-14-18-19-15(23-14)22-8-13(20)17-12-6-4-5-11(16)10(12)3/h4-6,9H,7-8H2,1-3H3,(H,17,20). The molecule has 0 unspecified atom stereocenters. The van der Waals surface area contributed by atoms with Crippen LogP contribution in [-0.4, -0.2) is 27.6 Å². The largest absolute Gasteiger partial charge is 0.325 e. The first kappa shape index (κ1) is 18.6. The summed E-state index contributed by atoms with van der Waals surface area (Å²) >= 11 is 10.7. The van der Waals surface area contributed by atoms with Gasteiger partial charge in [-0.3, -0.25) is 4.79 Å². The maximum atomic E-state index is 12.0. The Labute approximate surface area is 153 Å². The third kappa shape index (κ3) is 5.99. The van der Waals surface area contributed by atoms with Crippen molar-refractivity contribution < 1.29 is 4.79 Å². The molecule has 0 radical (unpaired) electrons. The molecule has 0 saturated carbocycles. The number of amides is 1. The number of benzene rings is 1. The van der Waals surface area contributed by atoms with Crippen molar-refractivity contribution in [2.24, 2.45) is 5.92 Å². The fourth-order valence-electron chi connectivity index (χ4n) is 1.61. The molecule has 8 heteroatoms. The first-order chi connectivity index (χ1) is 11.0. The number of carbonyl (C=O) groups is 1. The summed E-state index contributed by atoms with van der Waals surface area (Å²) in [7, 11) is 0. The van der Waals surface area contributed by atoms with Crippen LogP contribution in [0.3, 0.4) is 0 Å². The highest BCUT2D eigenvalue weighted by molar-refractivity contribution is 8.03. The lowest BCUT2D eigenvalue weighted by Crippen LogP contribution is -2.14. The van der Waals surface area contributed by atoms with Crippen molar-refractivity contribution in [2.45, 2.75) is 29.5 Å². The molecule has 1 heterocycles. The van der Waals surface area contributed by atoms with E-state index in [0.29, 0.717) is 16.7 Å². The van der Waals surface area contributed by atoms with Crippen LogP contribution in [0.1, 0.15) is 19.4 Å². The molecule has 0 bridgehead atoms. The van der Waals surface area contributed by atoms with Gasteiger partial charge in [0.25, 0.3) is 0 Å². The van der Waals surface area contributed by atoms with Gasteiger partial charge < -0.3 is 5.32 Å². The summed E-state index contributed by atoms with van der Waals surface area (Å²) in [4.78, 5) is 12.0. The average Bonchev–Trinajstić information content (AvgIpc) is 2.96. The predicted molar refractivity (Wildman–Crippen MR) is 101 cm³/mol. The molecule has 1 aromatic heterocycles. The Morgan fingerprint density at radius 2 is 2.00 bits per heavy atom. The number of rotatable bonds is 7. The van der Waals surface area contributed by atoms with E-state index < -0.39 is 0 Å². The molecule has 0 fully saturated rings. The number of halogens is 1. The highest BCUT2D eigenvalue weighted by atomic mass is 35.5. The molecule has 0 aliphatic carbocycles. The van der Waals surface area contributed by atoms with Gasteiger partial charge in [-0.2, -0.15) is 0 Å². The monoisotopic (exact) mass is 387 g/mol. The van der Waals surface area contributed by atoms with Crippen LogP contribution in [0.4, 0.5) is 5.69 Å². The van der Waals surface area contributed by atoms with Gasteiger partial charge in [0, 0.05) is 16.5 Å². The van der Waals surface area contributed by atoms with Gasteiger partial charge in [-0.25, -0.2) is 0 Å². The summed E-state index contributed by atoms with van der Waals surface area (Å²) in [5.41, 5.74) is 1.62.